The number of nitrogens with one attached hydrogen (secondary N) is 1. The summed E-state index contributed by atoms with van der Waals surface area (Å²) in [6.45, 7) is 5.41. The van der Waals surface area contributed by atoms with Gasteiger partial charge in [-0.05, 0) is 12.3 Å². The maximum atomic E-state index is 11.8. The Morgan fingerprint density at radius 3 is 3.06 bits per heavy atom. The summed E-state index contributed by atoms with van der Waals surface area (Å²) >= 11 is 0. The molecule has 0 amide bonds. The van der Waals surface area contributed by atoms with Crippen LogP contribution in [0.15, 0.2) is 4.79 Å². The van der Waals surface area contributed by atoms with Crippen molar-refractivity contribution in [2.24, 2.45) is 11.7 Å². The quantitative estimate of drug-likeness (QED) is 0.806. The van der Waals surface area contributed by atoms with E-state index >= 15 is 0 Å². The molecule has 3 atom stereocenters. The van der Waals surface area contributed by atoms with E-state index in [4.69, 9.17) is 10.5 Å². The maximum absolute atomic E-state index is 11.8. The van der Waals surface area contributed by atoms with Crippen LogP contribution in [0.3, 0.4) is 0 Å². The van der Waals surface area contributed by atoms with Crippen LogP contribution in [0, 0.1) is 5.92 Å². The van der Waals surface area contributed by atoms with Gasteiger partial charge in [-0.15, -0.1) is 0 Å². The third-order valence-electron chi connectivity index (χ3n) is 3.56. The first-order chi connectivity index (χ1) is 8.15. The molecule has 1 aromatic heterocycles. The second-order valence-corrected chi connectivity index (χ2v) is 4.69. The summed E-state index contributed by atoms with van der Waals surface area (Å²) in [7, 11) is 0. The zero-order valence-corrected chi connectivity index (χ0v) is 10.3. The number of ether oxygens (including phenoxy) is 1. The lowest BCUT2D eigenvalue weighted by atomic mass is 9.99. The Balaban J connectivity index is 2.31. The van der Waals surface area contributed by atoms with Crippen LogP contribution < -0.4 is 11.4 Å². The molecule has 0 bridgehead atoms. The first kappa shape index (κ1) is 12.3. The molecule has 1 aromatic rings. The van der Waals surface area contributed by atoms with Crippen molar-refractivity contribution in [2.75, 3.05) is 13.2 Å². The molecule has 1 unspecified atom stereocenters. The van der Waals surface area contributed by atoms with E-state index < -0.39 is 0 Å². The van der Waals surface area contributed by atoms with Gasteiger partial charge in [0.25, 0.3) is 0 Å². The Morgan fingerprint density at radius 2 is 2.47 bits per heavy atom. The minimum atomic E-state index is -0.209. The first-order valence-electron chi connectivity index (χ1n) is 6.15. The summed E-state index contributed by atoms with van der Waals surface area (Å²) in [5.41, 5.74) is 5.96. The monoisotopic (exact) mass is 240 g/mol. The Kier molecular flexibility index (Phi) is 3.63. The number of nitrogens with two attached hydrogens (primary N) is 1. The van der Waals surface area contributed by atoms with Crippen LogP contribution in [0.2, 0.25) is 0 Å². The van der Waals surface area contributed by atoms with Gasteiger partial charge in [-0.2, -0.15) is 5.10 Å². The molecule has 2 rings (SSSR count). The number of H-pyrrole nitrogens is 1. The Bertz CT molecular complexity index is 419. The summed E-state index contributed by atoms with van der Waals surface area (Å²) in [6.07, 6.45) is 1.81. The molecule has 3 N–H and O–H groups in total. The number of rotatable bonds is 4. The van der Waals surface area contributed by atoms with Crippen LogP contribution in [0.4, 0.5) is 0 Å². The van der Waals surface area contributed by atoms with Crippen LogP contribution in [-0.4, -0.2) is 28.0 Å². The van der Waals surface area contributed by atoms with E-state index in [1.165, 1.54) is 0 Å². The molecular formula is C11H20N4O2. The second kappa shape index (κ2) is 5.01. The molecule has 6 nitrogen and oxygen atoms in total. The fourth-order valence-electron chi connectivity index (χ4n) is 2.14. The zero-order chi connectivity index (χ0) is 12.4. The highest BCUT2D eigenvalue weighted by molar-refractivity contribution is 4.99. The Labute approximate surface area is 100 Å². The number of aromatic amines is 1. The number of aromatic nitrogens is 3. The molecule has 1 saturated heterocycles. The van der Waals surface area contributed by atoms with Gasteiger partial charge in [0.1, 0.15) is 0 Å². The normalized spacial score (nSPS) is 23.8. The third kappa shape index (κ3) is 2.28. The zero-order valence-electron chi connectivity index (χ0n) is 10.3. The minimum absolute atomic E-state index is 0.0753. The highest BCUT2D eigenvalue weighted by atomic mass is 16.5. The molecule has 17 heavy (non-hydrogen) atoms. The second-order valence-electron chi connectivity index (χ2n) is 4.69. The van der Waals surface area contributed by atoms with Gasteiger partial charge < -0.3 is 10.5 Å². The number of hydrogen-bond donors (Lipinski definition) is 2. The van der Waals surface area contributed by atoms with E-state index in [2.05, 4.69) is 24.0 Å². The van der Waals surface area contributed by atoms with Crippen LogP contribution in [-0.2, 0) is 4.74 Å². The SMILES string of the molecule is CC[C@H](C)[C@H](N)c1n[nH]c(=O)n1C1CCOC1. The van der Waals surface area contributed by atoms with Crippen LogP contribution >= 0.6 is 0 Å². The molecular weight excluding hydrogens is 220 g/mol. The van der Waals surface area contributed by atoms with E-state index in [9.17, 15) is 4.79 Å². The molecule has 1 aliphatic rings. The van der Waals surface area contributed by atoms with Crippen molar-refractivity contribution < 1.29 is 4.74 Å². The van der Waals surface area contributed by atoms with Crippen molar-refractivity contribution in [2.45, 2.75) is 38.8 Å². The summed E-state index contributed by atoms with van der Waals surface area (Å²) in [5, 5.41) is 6.57. The van der Waals surface area contributed by atoms with Gasteiger partial charge >= 0.3 is 5.69 Å². The van der Waals surface area contributed by atoms with Crippen molar-refractivity contribution in [3.05, 3.63) is 16.3 Å². The van der Waals surface area contributed by atoms with Crippen LogP contribution in [0.5, 0.6) is 0 Å². The summed E-state index contributed by atoms with van der Waals surface area (Å²) in [4.78, 5) is 11.8. The van der Waals surface area contributed by atoms with Gasteiger partial charge in [0.2, 0.25) is 0 Å². The molecule has 2 heterocycles. The van der Waals surface area contributed by atoms with Gasteiger partial charge in [-0.1, -0.05) is 20.3 Å². The first-order valence-corrected chi connectivity index (χ1v) is 6.15. The third-order valence-corrected chi connectivity index (χ3v) is 3.56. The topological polar surface area (TPSA) is 85.9 Å². The lowest BCUT2D eigenvalue weighted by Crippen LogP contribution is -2.30. The van der Waals surface area contributed by atoms with Gasteiger partial charge in [-0.25, -0.2) is 9.89 Å². The summed E-state index contributed by atoms with van der Waals surface area (Å²) < 4.78 is 6.99. The van der Waals surface area contributed by atoms with Crippen molar-refractivity contribution in [3.8, 4) is 0 Å². The average Bonchev–Trinajstić information content (AvgIpc) is 2.95. The van der Waals surface area contributed by atoms with Gasteiger partial charge in [-0.3, -0.25) is 4.57 Å². The molecule has 0 saturated carbocycles. The van der Waals surface area contributed by atoms with E-state index in [1.807, 2.05) is 0 Å². The molecule has 0 aliphatic carbocycles. The van der Waals surface area contributed by atoms with Crippen LogP contribution in [0.25, 0.3) is 0 Å². The van der Waals surface area contributed by atoms with Gasteiger partial charge in [0.15, 0.2) is 5.82 Å². The Hall–Kier alpha value is -1.14. The predicted octanol–water partition coefficient (Wildman–Crippen LogP) is 0.579. The van der Waals surface area contributed by atoms with Crippen LogP contribution in [0.1, 0.15) is 44.6 Å². The summed E-state index contributed by atoms with van der Waals surface area (Å²) in [6, 6.07) is -0.133. The predicted molar refractivity (Wildman–Crippen MR) is 63.7 cm³/mol. The smallest absolute Gasteiger partial charge is 0.343 e. The van der Waals surface area contributed by atoms with Crippen molar-refractivity contribution in [1.29, 1.82) is 0 Å². The maximum Gasteiger partial charge on any atom is 0.343 e. The summed E-state index contributed by atoms with van der Waals surface area (Å²) in [5.74, 6) is 0.950. The molecule has 1 fully saturated rings. The molecule has 6 heteroatoms. The van der Waals surface area contributed by atoms with E-state index in [1.54, 1.807) is 4.57 Å². The van der Waals surface area contributed by atoms with Gasteiger partial charge in [0, 0.05) is 6.61 Å². The fourth-order valence-corrected chi connectivity index (χ4v) is 2.14. The average molecular weight is 240 g/mol. The lowest BCUT2D eigenvalue weighted by Gasteiger charge is -2.20. The number of hydrogen-bond acceptors (Lipinski definition) is 4. The fraction of sp³-hybridized carbons (Fsp3) is 0.818. The van der Waals surface area contributed by atoms with Crippen molar-refractivity contribution in [3.63, 3.8) is 0 Å². The van der Waals surface area contributed by atoms with Gasteiger partial charge in [0.05, 0.1) is 18.7 Å². The van der Waals surface area contributed by atoms with Crippen molar-refractivity contribution in [1.82, 2.24) is 14.8 Å². The van der Waals surface area contributed by atoms with E-state index in [-0.39, 0.29) is 17.8 Å². The molecule has 1 aliphatic heterocycles. The highest BCUT2D eigenvalue weighted by Crippen LogP contribution is 2.24. The standard InChI is InChI=1S/C11H20N4O2/c1-3-7(2)9(12)10-13-14-11(16)15(10)8-4-5-17-6-8/h7-9H,3-6,12H2,1-2H3,(H,14,16)/t7-,8?,9-/m0/s1. The van der Waals surface area contributed by atoms with Crippen molar-refractivity contribution >= 4 is 0 Å². The highest BCUT2D eigenvalue weighted by Gasteiger charge is 2.27. The Morgan fingerprint density at radius 1 is 1.71 bits per heavy atom. The molecule has 0 radical (unpaired) electrons. The molecule has 0 spiro atoms. The van der Waals surface area contributed by atoms with E-state index in [0.29, 0.717) is 25.0 Å². The number of nitrogens with zero attached hydrogens (tertiary/aromatic N) is 2. The molecule has 96 valence electrons. The minimum Gasteiger partial charge on any atom is -0.379 e. The van der Waals surface area contributed by atoms with E-state index in [0.717, 1.165) is 12.8 Å². The largest absolute Gasteiger partial charge is 0.379 e. The molecule has 0 aromatic carbocycles. The lowest BCUT2D eigenvalue weighted by molar-refractivity contribution is 0.185.